The number of likely N-dealkylation sites (N-methyl/N-ethyl adjacent to an activating group) is 1. The van der Waals surface area contributed by atoms with Gasteiger partial charge in [0, 0.05) is 50.4 Å². The Labute approximate surface area is 199 Å². The van der Waals surface area contributed by atoms with Gasteiger partial charge in [0.15, 0.2) is 5.96 Å². The van der Waals surface area contributed by atoms with Gasteiger partial charge in [-0.05, 0) is 48.6 Å². The van der Waals surface area contributed by atoms with Gasteiger partial charge in [-0.15, -0.1) is 35.7 Å². The first-order chi connectivity index (χ1) is 14.1. The van der Waals surface area contributed by atoms with Crippen molar-refractivity contribution in [2.75, 3.05) is 39.5 Å². The quantitative estimate of drug-likeness (QED) is 0.158. The minimum Gasteiger partial charge on any atom is -0.356 e. The third-order valence-electron chi connectivity index (χ3n) is 4.18. The first kappa shape index (κ1) is 26.2. The van der Waals surface area contributed by atoms with Crippen molar-refractivity contribution in [1.82, 2.24) is 20.5 Å². The highest BCUT2D eigenvalue weighted by Crippen LogP contribution is 2.18. The number of halogens is 2. The largest absolute Gasteiger partial charge is 0.356 e. The molecular formula is C21H29FIN5OS. The Balaban J connectivity index is 0.00000450. The second-order valence-corrected chi connectivity index (χ2v) is 7.56. The lowest BCUT2D eigenvalue weighted by molar-refractivity contribution is -0.128. The molecule has 30 heavy (non-hydrogen) atoms. The number of thioether (sulfide) groups is 1. The average molecular weight is 545 g/mol. The number of carbonyl (C=O) groups is 1. The van der Waals surface area contributed by atoms with Crippen LogP contribution in [0.5, 0.6) is 0 Å². The van der Waals surface area contributed by atoms with Crippen LogP contribution in [0, 0.1) is 5.82 Å². The Morgan fingerprint density at radius 1 is 1.20 bits per heavy atom. The van der Waals surface area contributed by atoms with Crippen LogP contribution in [0.2, 0.25) is 0 Å². The van der Waals surface area contributed by atoms with Gasteiger partial charge in [0.05, 0.1) is 6.54 Å². The molecule has 164 valence electrons. The van der Waals surface area contributed by atoms with E-state index in [2.05, 4.69) is 20.6 Å². The molecule has 1 aromatic carbocycles. The molecule has 0 spiro atoms. The van der Waals surface area contributed by atoms with Crippen LogP contribution in [0.15, 0.2) is 58.5 Å². The van der Waals surface area contributed by atoms with E-state index in [9.17, 15) is 9.18 Å². The molecule has 0 bridgehead atoms. The van der Waals surface area contributed by atoms with Crippen molar-refractivity contribution in [3.05, 3.63) is 60.2 Å². The Hall–Kier alpha value is -1.88. The molecule has 0 fully saturated rings. The zero-order valence-corrected chi connectivity index (χ0v) is 20.5. The summed E-state index contributed by atoms with van der Waals surface area (Å²) in [4.78, 5) is 23.4. The number of amides is 1. The zero-order valence-electron chi connectivity index (χ0n) is 17.3. The molecule has 0 aliphatic heterocycles. The maximum absolute atomic E-state index is 12.9. The Bertz CT molecular complexity index is 777. The van der Waals surface area contributed by atoms with E-state index in [4.69, 9.17) is 0 Å². The van der Waals surface area contributed by atoms with E-state index in [1.807, 2.05) is 18.2 Å². The van der Waals surface area contributed by atoms with Crippen molar-refractivity contribution in [2.45, 2.75) is 17.7 Å². The van der Waals surface area contributed by atoms with Crippen LogP contribution in [-0.2, 0) is 11.2 Å². The summed E-state index contributed by atoms with van der Waals surface area (Å²) in [5.41, 5.74) is 0.969. The van der Waals surface area contributed by atoms with Gasteiger partial charge in [-0.3, -0.25) is 14.8 Å². The number of rotatable bonds is 10. The highest BCUT2D eigenvalue weighted by atomic mass is 127. The Morgan fingerprint density at radius 3 is 2.63 bits per heavy atom. The van der Waals surface area contributed by atoms with Crippen molar-refractivity contribution in [2.24, 2.45) is 4.99 Å². The molecule has 0 radical (unpaired) electrons. The van der Waals surface area contributed by atoms with Crippen molar-refractivity contribution < 1.29 is 9.18 Å². The van der Waals surface area contributed by atoms with Crippen LogP contribution < -0.4 is 10.6 Å². The van der Waals surface area contributed by atoms with E-state index in [1.54, 1.807) is 49.1 Å². The number of aliphatic imine (C=N–C) groups is 1. The molecule has 0 aliphatic rings. The molecule has 2 aromatic rings. The normalized spacial score (nSPS) is 10.8. The second kappa shape index (κ2) is 15.0. The van der Waals surface area contributed by atoms with Crippen LogP contribution in [0.1, 0.15) is 12.1 Å². The first-order valence-corrected chi connectivity index (χ1v) is 10.5. The summed E-state index contributed by atoms with van der Waals surface area (Å²) < 4.78 is 12.9. The fourth-order valence-electron chi connectivity index (χ4n) is 2.47. The Morgan fingerprint density at radius 2 is 1.97 bits per heavy atom. The first-order valence-electron chi connectivity index (χ1n) is 9.55. The highest BCUT2D eigenvalue weighted by Gasteiger charge is 2.09. The second-order valence-electron chi connectivity index (χ2n) is 6.39. The number of carbonyl (C=O) groups excluding carboxylic acids is 1. The SMILES string of the molecule is CN=C(NCCCSc1ccc(F)cc1)NCC(=O)N(C)CCc1ccccn1.I. The minimum atomic E-state index is -0.220. The number of guanidine groups is 1. The molecule has 0 saturated carbocycles. The van der Waals surface area contributed by atoms with Gasteiger partial charge >= 0.3 is 0 Å². The summed E-state index contributed by atoms with van der Waals surface area (Å²) in [7, 11) is 3.47. The van der Waals surface area contributed by atoms with Gasteiger partial charge < -0.3 is 15.5 Å². The summed E-state index contributed by atoms with van der Waals surface area (Å²) in [6.07, 6.45) is 3.40. The van der Waals surface area contributed by atoms with Crippen molar-refractivity contribution in [3.8, 4) is 0 Å². The van der Waals surface area contributed by atoms with Crippen molar-refractivity contribution in [3.63, 3.8) is 0 Å². The lowest BCUT2D eigenvalue weighted by atomic mass is 10.2. The smallest absolute Gasteiger partial charge is 0.241 e. The van der Waals surface area contributed by atoms with Crippen LogP contribution in [0.4, 0.5) is 4.39 Å². The van der Waals surface area contributed by atoms with E-state index in [-0.39, 0.29) is 42.2 Å². The van der Waals surface area contributed by atoms with Gasteiger partial charge in [0.1, 0.15) is 5.82 Å². The van der Waals surface area contributed by atoms with E-state index < -0.39 is 0 Å². The summed E-state index contributed by atoms with van der Waals surface area (Å²) in [6.45, 7) is 1.53. The maximum Gasteiger partial charge on any atom is 0.241 e. The number of aromatic nitrogens is 1. The predicted octanol–water partition coefficient (Wildman–Crippen LogP) is 3.19. The van der Waals surface area contributed by atoms with Gasteiger partial charge in [-0.1, -0.05) is 6.07 Å². The van der Waals surface area contributed by atoms with Crippen LogP contribution in [-0.4, -0.2) is 61.2 Å². The standard InChI is InChI=1S/C21H28FN5OS.HI/c1-23-21(25-13-5-15-29-19-9-7-17(22)8-10-19)26-16-20(28)27(2)14-11-18-6-3-4-12-24-18;/h3-4,6-10,12H,5,11,13-16H2,1-2H3,(H2,23,25,26);1H. The average Bonchev–Trinajstić information content (AvgIpc) is 2.75. The molecule has 2 rings (SSSR count). The molecule has 0 aliphatic carbocycles. The molecule has 0 atom stereocenters. The van der Waals surface area contributed by atoms with Gasteiger partial charge in [-0.2, -0.15) is 0 Å². The molecule has 9 heteroatoms. The maximum atomic E-state index is 12.9. The molecule has 6 nitrogen and oxygen atoms in total. The van der Waals surface area contributed by atoms with E-state index in [1.165, 1.54) is 12.1 Å². The molecule has 2 N–H and O–H groups in total. The molecule has 1 aromatic heterocycles. The molecule has 1 amide bonds. The van der Waals surface area contributed by atoms with E-state index in [0.717, 1.165) is 35.7 Å². The summed E-state index contributed by atoms with van der Waals surface area (Å²) >= 11 is 1.68. The molecular weight excluding hydrogens is 516 g/mol. The monoisotopic (exact) mass is 545 g/mol. The number of hydrogen-bond donors (Lipinski definition) is 2. The van der Waals surface area contributed by atoms with Crippen LogP contribution in [0.3, 0.4) is 0 Å². The summed E-state index contributed by atoms with van der Waals surface area (Å²) in [6, 6.07) is 12.3. The van der Waals surface area contributed by atoms with Gasteiger partial charge in [-0.25, -0.2) is 4.39 Å². The summed E-state index contributed by atoms with van der Waals surface area (Å²) in [5.74, 6) is 1.28. The van der Waals surface area contributed by atoms with Crippen LogP contribution in [0.25, 0.3) is 0 Å². The van der Waals surface area contributed by atoms with E-state index >= 15 is 0 Å². The van der Waals surface area contributed by atoms with Gasteiger partial charge in [0.2, 0.25) is 5.91 Å². The fourth-order valence-corrected chi connectivity index (χ4v) is 3.32. The van der Waals surface area contributed by atoms with E-state index in [0.29, 0.717) is 12.5 Å². The lowest BCUT2D eigenvalue weighted by Crippen LogP contribution is -2.44. The number of benzene rings is 1. The predicted molar refractivity (Wildman–Crippen MR) is 132 cm³/mol. The van der Waals surface area contributed by atoms with Crippen molar-refractivity contribution >= 4 is 47.6 Å². The summed E-state index contributed by atoms with van der Waals surface area (Å²) in [5, 5.41) is 6.25. The number of pyridine rings is 1. The molecule has 0 unspecified atom stereocenters. The topological polar surface area (TPSA) is 69.6 Å². The molecule has 0 saturated heterocycles. The van der Waals surface area contributed by atoms with Gasteiger partial charge in [0.25, 0.3) is 0 Å². The minimum absolute atomic E-state index is 0. The Kier molecular flexibility index (Phi) is 13.1. The zero-order chi connectivity index (χ0) is 20.9. The lowest BCUT2D eigenvalue weighted by Gasteiger charge is -2.18. The highest BCUT2D eigenvalue weighted by molar-refractivity contribution is 14.0. The molecule has 1 heterocycles. The van der Waals surface area contributed by atoms with Crippen LogP contribution >= 0.6 is 35.7 Å². The fraction of sp³-hybridized carbons (Fsp3) is 0.381. The number of hydrogen-bond acceptors (Lipinski definition) is 4. The third-order valence-corrected chi connectivity index (χ3v) is 5.28. The number of nitrogens with one attached hydrogen (secondary N) is 2. The number of nitrogens with zero attached hydrogens (tertiary/aromatic N) is 3. The van der Waals surface area contributed by atoms with Crippen molar-refractivity contribution in [1.29, 1.82) is 0 Å². The third kappa shape index (κ3) is 10.2.